The van der Waals surface area contributed by atoms with Crippen LogP contribution in [0.4, 0.5) is 5.69 Å². The van der Waals surface area contributed by atoms with Crippen molar-refractivity contribution in [1.82, 2.24) is 15.5 Å². The van der Waals surface area contributed by atoms with E-state index in [4.69, 9.17) is 26.5 Å². The summed E-state index contributed by atoms with van der Waals surface area (Å²) >= 11 is 5.80. The summed E-state index contributed by atoms with van der Waals surface area (Å²) in [5.74, 6) is 1.29. The summed E-state index contributed by atoms with van der Waals surface area (Å²) in [5.41, 5.74) is 6.48. The number of rotatable bonds is 5. The Morgan fingerprint density at radius 2 is 1.64 bits per heavy atom. The molecular weight excluding hydrogens is 472 g/mol. The molecule has 1 aliphatic rings. The molecule has 0 radical (unpaired) electrons. The third kappa shape index (κ3) is 4.31. The lowest BCUT2D eigenvalue weighted by atomic mass is 9.94. The summed E-state index contributed by atoms with van der Waals surface area (Å²) < 4.78 is 11.0. The van der Waals surface area contributed by atoms with Crippen molar-refractivity contribution in [3.8, 4) is 22.9 Å². The van der Waals surface area contributed by atoms with Gasteiger partial charge in [-0.05, 0) is 62.8 Å². The number of ether oxygens (including phenoxy) is 1. The summed E-state index contributed by atoms with van der Waals surface area (Å²) in [6.45, 7) is 6.06. The molecule has 5 rings (SSSR count). The minimum atomic E-state index is -0.428. The highest BCUT2D eigenvalue weighted by Gasteiger charge is 2.35. The standard InChI is InChI=1S/C28H26N4O3S/c1-16-5-9-19(10-6-16)26-30-27(35-31-26)24-18(3)32(21-12-7-17(2)8-13-21)28(36)29-25(24)20-11-14-23(34-4)22(33)15-20/h5-15,25,33H,1-4H3,(H,29,36). The molecule has 1 aliphatic heterocycles. The van der Waals surface area contributed by atoms with Crippen LogP contribution in [0.25, 0.3) is 17.0 Å². The van der Waals surface area contributed by atoms with Crippen molar-refractivity contribution in [3.63, 3.8) is 0 Å². The van der Waals surface area contributed by atoms with E-state index < -0.39 is 6.04 Å². The Labute approximate surface area is 215 Å². The summed E-state index contributed by atoms with van der Waals surface area (Å²) in [4.78, 5) is 6.71. The molecule has 0 aliphatic carbocycles. The molecule has 1 aromatic heterocycles. The van der Waals surface area contributed by atoms with Crippen molar-refractivity contribution in [2.24, 2.45) is 0 Å². The molecule has 0 saturated heterocycles. The Bertz CT molecular complexity index is 1460. The van der Waals surface area contributed by atoms with Crippen LogP contribution >= 0.6 is 12.2 Å². The predicted octanol–water partition coefficient (Wildman–Crippen LogP) is 5.93. The predicted molar refractivity (Wildman–Crippen MR) is 144 cm³/mol. The zero-order valence-corrected chi connectivity index (χ0v) is 21.3. The lowest BCUT2D eigenvalue weighted by Gasteiger charge is -2.37. The Hall–Kier alpha value is -4.17. The first-order chi connectivity index (χ1) is 17.4. The third-order valence-electron chi connectivity index (χ3n) is 6.28. The molecule has 0 spiro atoms. The molecule has 1 atom stereocenters. The zero-order chi connectivity index (χ0) is 25.4. The molecule has 0 saturated carbocycles. The number of nitrogens with zero attached hydrogens (tertiary/aromatic N) is 3. The molecule has 2 heterocycles. The Morgan fingerprint density at radius 3 is 2.28 bits per heavy atom. The molecule has 2 N–H and O–H groups in total. The van der Waals surface area contributed by atoms with Gasteiger partial charge in [0.2, 0.25) is 5.82 Å². The van der Waals surface area contributed by atoms with Gasteiger partial charge in [-0.3, -0.25) is 4.90 Å². The number of phenolic OH excluding ortho intramolecular Hbond substituents is 1. The molecule has 7 nitrogen and oxygen atoms in total. The van der Waals surface area contributed by atoms with E-state index in [-0.39, 0.29) is 5.75 Å². The number of nitrogens with one attached hydrogen (secondary N) is 1. The normalized spacial score (nSPS) is 15.7. The second kappa shape index (κ2) is 9.47. The van der Waals surface area contributed by atoms with Gasteiger partial charge < -0.3 is 19.7 Å². The number of allylic oxidation sites excluding steroid dienone is 1. The van der Waals surface area contributed by atoms with E-state index in [9.17, 15) is 5.11 Å². The number of phenols is 1. The molecule has 4 aromatic rings. The maximum Gasteiger partial charge on any atom is 0.258 e. The quantitative estimate of drug-likeness (QED) is 0.327. The number of methoxy groups -OCH3 is 1. The molecule has 0 bridgehead atoms. The van der Waals surface area contributed by atoms with Crippen LogP contribution in [0, 0.1) is 13.8 Å². The van der Waals surface area contributed by atoms with Crippen molar-refractivity contribution in [2.45, 2.75) is 26.8 Å². The van der Waals surface area contributed by atoms with Crippen LogP contribution in [0.1, 0.15) is 35.5 Å². The van der Waals surface area contributed by atoms with Gasteiger partial charge in [0.15, 0.2) is 16.6 Å². The van der Waals surface area contributed by atoms with Crippen molar-refractivity contribution in [1.29, 1.82) is 0 Å². The van der Waals surface area contributed by atoms with Crippen LogP contribution in [0.3, 0.4) is 0 Å². The van der Waals surface area contributed by atoms with Crippen LogP contribution in [-0.4, -0.2) is 27.5 Å². The number of hydrogen-bond acceptors (Lipinski definition) is 6. The Kier molecular flexibility index (Phi) is 6.20. The summed E-state index contributed by atoms with van der Waals surface area (Å²) in [7, 11) is 1.52. The van der Waals surface area contributed by atoms with Crippen molar-refractivity contribution in [2.75, 3.05) is 12.0 Å². The highest BCUT2D eigenvalue weighted by Crippen LogP contribution is 2.41. The van der Waals surface area contributed by atoms with Gasteiger partial charge in [0.25, 0.3) is 5.89 Å². The highest BCUT2D eigenvalue weighted by molar-refractivity contribution is 7.80. The van der Waals surface area contributed by atoms with E-state index in [1.54, 1.807) is 12.1 Å². The summed E-state index contributed by atoms with van der Waals surface area (Å²) in [6, 6.07) is 20.9. The smallest absolute Gasteiger partial charge is 0.258 e. The number of thiocarbonyl (C=S) groups is 1. The number of aryl methyl sites for hydroxylation is 2. The average Bonchev–Trinajstić information content (AvgIpc) is 3.35. The van der Waals surface area contributed by atoms with E-state index in [0.29, 0.717) is 22.6 Å². The van der Waals surface area contributed by atoms with E-state index >= 15 is 0 Å². The van der Waals surface area contributed by atoms with Crippen molar-refractivity contribution >= 4 is 28.6 Å². The van der Waals surface area contributed by atoms with Gasteiger partial charge in [0.1, 0.15) is 0 Å². The average molecular weight is 499 g/mol. The van der Waals surface area contributed by atoms with Gasteiger partial charge in [0.05, 0.1) is 18.7 Å². The number of aromatic nitrogens is 2. The molecule has 0 amide bonds. The van der Waals surface area contributed by atoms with Crippen LogP contribution in [0.5, 0.6) is 11.5 Å². The van der Waals surface area contributed by atoms with Crippen LogP contribution in [0.15, 0.2) is 77.0 Å². The van der Waals surface area contributed by atoms with E-state index in [1.807, 2.05) is 80.3 Å². The molecular formula is C28H26N4O3S. The SMILES string of the molecule is COc1ccc(C2NC(=S)N(c3ccc(C)cc3)C(C)=C2c2nc(-c3ccc(C)cc3)no2)cc1O. The van der Waals surface area contributed by atoms with Crippen LogP contribution < -0.4 is 15.0 Å². The van der Waals surface area contributed by atoms with Gasteiger partial charge in [-0.2, -0.15) is 4.98 Å². The van der Waals surface area contributed by atoms with Gasteiger partial charge >= 0.3 is 0 Å². The molecule has 0 fully saturated rings. The number of hydrogen-bond donors (Lipinski definition) is 2. The second-order valence-corrected chi connectivity index (χ2v) is 9.16. The Balaban J connectivity index is 1.65. The Morgan fingerprint density at radius 1 is 0.972 bits per heavy atom. The fourth-order valence-corrected chi connectivity index (χ4v) is 4.67. The molecule has 1 unspecified atom stereocenters. The first kappa shape index (κ1) is 23.6. The minimum absolute atomic E-state index is 0.0339. The maximum absolute atomic E-state index is 10.5. The summed E-state index contributed by atoms with van der Waals surface area (Å²) in [5, 5.41) is 18.7. The third-order valence-corrected chi connectivity index (χ3v) is 6.58. The fraction of sp³-hybridized carbons (Fsp3) is 0.179. The minimum Gasteiger partial charge on any atom is -0.504 e. The number of benzene rings is 3. The maximum atomic E-state index is 10.5. The van der Waals surface area contributed by atoms with Crippen LogP contribution in [0.2, 0.25) is 0 Å². The second-order valence-electron chi connectivity index (χ2n) is 8.77. The number of aromatic hydroxyl groups is 1. The van der Waals surface area contributed by atoms with Gasteiger partial charge in [-0.25, -0.2) is 0 Å². The summed E-state index contributed by atoms with van der Waals surface area (Å²) in [6.07, 6.45) is 0. The molecule has 3 aromatic carbocycles. The molecule has 36 heavy (non-hydrogen) atoms. The van der Waals surface area contributed by atoms with E-state index in [0.717, 1.165) is 39.2 Å². The monoisotopic (exact) mass is 498 g/mol. The fourth-order valence-electron chi connectivity index (χ4n) is 4.31. The van der Waals surface area contributed by atoms with Crippen molar-refractivity contribution < 1.29 is 14.4 Å². The number of anilines is 1. The lowest BCUT2D eigenvalue weighted by Crippen LogP contribution is -2.46. The van der Waals surface area contributed by atoms with E-state index in [1.165, 1.54) is 7.11 Å². The van der Waals surface area contributed by atoms with E-state index in [2.05, 4.69) is 10.5 Å². The topological polar surface area (TPSA) is 83.7 Å². The first-order valence-corrected chi connectivity index (χ1v) is 11.9. The zero-order valence-electron chi connectivity index (χ0n) is 20.4. The highest BCUT2D eigenvalue weighted by atomic mass is 32.1. The van der Waals surface area contributed by atoms with Crippen molar-refractivity contribution in [3.05, 3.63) is 95.0 Å². The lowest BCUT2D eigenvalue weighted by molar-refractivity contribution is 0.372. The van der Waals surface area contributed by atoms with Gasteiger partial charge in [-0.15, -0.1) is 0 Å². The van der Waals surface area contributed by atoms with Crippen LogP contribution in [-0.2, 0) is 0 Å². The first-order valence-electron chi connectivity index (χ1n) is 11.5. The largest absolute Gasteiger partial charge is 0.504 e. The van der Waals surface area contributed by atoms with Gasteiger partial charge in [0, 0.05) is 16.9 Å². The van der Waals surface area contributed by atoms with Gasteiger partial charge in [-0.1, -0.05) is 58.7 Å². The molecule has 182 valence electrons. The molecule has 8 heteroatoms.